The van der Waals surface area contributed by atoms with E-state index >= 15 is 0 Å². The highest BCUT2D eigenvalue weighted by atomic mass is 16.5. The first-order valence-electron chi connectivity index (χ1n) is 7.89. The zero-order valence-electron chi connectivity index (χ0n) is 12.4. The number of aryl methyl sites for hydroxylation is 1. The third kappa shape index (κ3) is 2.18. The van der Waals surface area contributed by atoms with E-state index in [1.807, 2.05) is 0 Å². The number of fused-ring (bicyclic) bond motifs is 1. The van der Waals surface area contributed by atoms with Crippen molar-refractivity contribution in [2.24, 2.45) is 0 Å². The van der Waals surface area contributed by atoms with Gasteiger partial charge in [0.1, 0.15) is 0 Å². The molecular formula is C17H21N3O. The van der Waals surface area contributed by atoms with E-state index in [0.29, 0.717) is 5.92 Å². The van der Waals surface area contributed by atoms with Gasteiger partial charge < -0.3 is 9.84 Å². The number of nitrogens with zero attached hydrogens (tertiary/aromatic N) is 2. The predicted octanol–water partition coefficient (Wildman–Crippen LogP) is 2.79. The fraction of sp³-hybridized carbons (Fsp3) is 0.529. The third-order valence-corrected chi connectivity index (χ3v) is 5.00. The van der Waals surface area contributed by atoms with Crippen LogP contribution >= 0.6 is 0 Å². The Balaban J connectivity index is 1.64. The molecule has 2 aliphatic rings. The lowest BCUT2D eigenvalue weighted by molar-refractivity contribution is 0.244. The molecule has 0 amide bonds. The smallest absolute Gasteiger partial charge is 0.233 e. The molecule has 1 aliphatic carbocycles. The molecule has 1 aromatic carbocycles. The molecule has 110 valence electrons. The number of nitrogens with one attached hydrogen (secondary N) is 1. The van der Waals surface area contributed by atoms with E-state index in [-0.39, 0.29) is 5.41 Å². The first-order chi connectivity index (χ1) is 10.3. The molecule has 1 N–H and O–H groups in total. The summed E-state index contributed by atoms with van der Waals surface area (Å²) in [5, 5.41) is 7.74. The first kappa shape index (κ1) is 13.0. The van der Waals surface area contributed by atoms with Gasteiger partial charge in [0.25, 0.3) is 0 Å². The van der Waals surface area contributed by atoms with Crippen LogP contribution in [0.3, 0.4) is 0 Å². The SMILES string of the molecule is CC1(c2nc(C3CCc4ccccc43)no2)CCCNC1. The lowest BCUT2D eigenvalue weighted by atomic mass is 9.83. The van der Waals surface area contributed by atoms with Crippen LogP contribution in [-0.2, 0) is 11.8 Å². The van der Waals surface area contributed by atoms with Gasteiger partial charge in [0, 0.05) is 12.5 Å². The molecule has 0 spiro atoms. The Kier molecular flexibility index (Phi) is 3.07. The average Bonchev–Trinajstić information content (AvgIpc) is 3.15. The normalized spacial score (nSPS) is 28.5. The number of piperidine rings is 1. The maximum absolute atomic E-state index is 5.63. The van der Waals surface area contributed by atoms with Crippen molar-refractivity contribution >= 4 is 0 Å². The highest BCUT2D eigenvalue weighted by Crippen LogP contribution is 2.38. The number of benzene rings is 1. The zero-order chi connectivity index (χ0) is 14.3. The van der Waals surface area contributed by atoms with Crippen molar-refractivity contribution in [1.29, 1.82) is 0 Å². The van der Waals surface area contributed by atoms with Gasteiger partial charge in [-0.25, -0.2) is 0 Å². The second kappa shape index (κ2) is 4.95. The molecule has 4 rings (SSSR count). The lowest BCUT2D eigenvalue weighted by Crippen LogP contribution is -2.41. The molecule has 2 atom stereocenters. The van der Waals surface area contributed by atoms with E-state index in [1.54, 1.807) is 0 Å². The van der Waals surface area contributed by atoms with Gasteiger partial charge in [0.2, 0.25) is 5.89 Å². The minimum absolute atomic E-state index is 0.0123. The fourth-order valence-electron chi connectivity index (χ4n) is 3.69. The highest BCUT2D eigenvalue weighted by Gasteiger charge is 2.36. The Hall–Kier alpha value is -1.68. The van der Waals surface area contributed by atoms with Crippen LogP contribution in [0, 0.1) is 0 Å². The van der Waals surface area contributed by atoms with Crippen LogP contribution in [0.5, 0.6) is 0 Å². The summed E-state index contributed by atoms with van der Waals surface area (Å²) in [5.41, 5.74) is 2.79. The number of aromatic nitrogens is 2. The highest BCUT2D eigenvalue weighted by molar-refractivity contribution is 5.38. The van der Waals surface area contributed by atoms with Crippen LogP contribution in [0.15, 0.2) is 28.8 Å². The van der Waals surface area contributed by atoms with Gasteiger partial charge in [0.15, 0.2) is 5.82 Å². The van der Waals surface area contributed by atoms with Gasteiger partial charge in [0.05, 0.1) is 5.41 Å². The molecule has 0 saturated carbocycles. The summed E-state index contributed by atoms with van der Waals surface area (Å²) in [7, 11) is 0. The molecule has 4 heteroatoms. The molecule has 0 radical (unpaired) electrons. The van der Waals surface area contributed by atoms with Crippen LogP contribution in [0.25, 0.3) is 0 Å². The lowest BCUT2D eigenvalue weighted by Gasteiger charge is -2.30. The zero-order valence-corrected chi connectivity index (χ0v) is 12.4. The molecule has 2 heterocycles. The number of hydrogen-bond acceptors (Lipinski definition) is 4. The summed E-state index contributed by atoms with van der Waals surface area (Å²) in [5.74, 6) is 1.97. The van der Waals surface area contributed by atoms with Crippen LogP contribution in [0.4, 0.5) is 0 Å². The molecule has 0 bridgehead atoms. The minimum Gasteiger partial charge on any atom is -0.339 e. The Bertz CT molecular complexity index is 643. The quantitative estimate of drug-likeness (QED) is 0.920. The van der Waals surface area contributed by atoms with Gasteiger partial charge in [-0.2, -0.15) is 4.98 Å². The molecule has 2 unspecified atom stereocenters. The predicted molar refractivity (Wildman–Crippen MR) is 80.4 cm³/mol. The van der Waals surface area contributed by atoms with Crippen LogP contribution in [-0.4, -0.2) is 23.2 Å². The minimum atomic E-state index is -0.0123. The topological polar surface area (TPSA) is 51.0 Å². The number of rotatable bonds is 2. The van der Waals surface area contributed by atoms with Gasteiger partial charge in [-0.3, -0.25) is 0 Å². The Morgan fingerprint density at radius 1 is 1.33 bits per heavy atom. The van der Waals surface area contributed by atoms with Crippen molar-refractivity contribution in [1.82, 2.24) is 15.5 Å². The fourth-order valence-corrected chi connectivity index (χ4v) is 3.69. The summed E-state index contributed by atoms with van der Waals surface area (Å²) in [6.07, 6.45) is 4.49. The third-order valence-electron chi connectivity index (χ3n) is 5.00. The molecule has 4 nitrogen and oxygen atoms in total. The molecule has 1 saturated heterocycles. The van der Waals surface area contributed by atoms with Gasteiger partial charge in [-0.05, 0) is 50.3 Å². The summed E-state index contributed by atoms with van der Waals surface area (Å²) in [6, 6.07) is 8.62. The van der Waals surface area contributed by atoms with Crippen molar-refractivity contribution in [3.63, 3.8) is 0 Å². The average molecular weight is 283 g/mol. The van der Waals surface area contributed by atoms with Crippen molar-refractivity contribution in [2.45, 2.75) is 43.9 Å². The van der Waals surface area contributed by atoms with E-state index in [2.05, 4.69) is 41.7 Å². The maximum Gasteiger partial charge on any atom is 0.233 e. The van der Waals surface area contributed by atoms with Crippen molar-refractivity contribution in [3.05, 3.63) is 47.1 Å². The van der Waals surface area contributed by atoms with Gasteiger partial charge in [-0.15, -0.1) is 0 Å². The molecule has 21 heavy (non-hydrogen) atoms. The molecule has 1 aromatic heterocycles. The Morgan fingerprint density at radius 3 is 3.10 bits per heavy atom. The largest absolute Gasteiger partial charge is 0.339 e. The van der Waals surface area contributed by atoms with E-state index in [1.165, 1.54) is 17.5 Å². The van der Waals surface area contributed by atoms with Crippen molar-refractivity contribution < 1.29 is 4.52 Å². The summed E-state index contributed by atoms with van der Waals surface area (Å²) < 4.78 is 5.63. The second-order valence-corrected chi connectivity index (χ2v) is 6.59. The van der Waals surface area contributed by atoms with Crippen LogP contribution < -0.4 is 5.32 Å². The van der Waals surface area contributed by atoms with E-state index in [4.69, 9.17) is 9.51 Å². The van der Waals surface area contributed by atoms with Crippen molar-refractivity contribution in [2.75, 3.05) is 13.1 Å². The van der Waals surface area contributed by atoms with Crippen LogP contribution in [0.1, 0.15) is 54.9 Å². The molecule has 1 aliphatic heterocycles. The van der Waals surface area contributed by atoms with E-state index < -0.39 is 0 Å². The van der Waals surface area contributed by atoms with Crippen LogP contribution in [0.2, 0.25) is 0 Å². The molecule has 1 fully saturated rings. The first-order valence-corrected chi connectivity index (χ1v) is 7.89. The van der Waals surface area contributed by atoms with E-state index in [0.717, 1.165) is 44.1 Å². The van der Waals surface area contributed by atoms with Gasteiger partial charge in [-0.1, -0.05) is 29.4 Å². The Labute approximate surface area is 124 Å². The van der Waals surface area contributed by atoms with Gasteiger partial charge >= 0.3 is 0 Å². The summed E-state index contributed by atoms with van der Waals surface area (Å²) >= 11 is 0. The second-order valence-electron chi connectivity index (χ2n) is 6.59. The maximum atomic E-state index is 5.63. The molecule has 2 aromatic rings. The monoisotopic (exact) mass is 283 g/mol. The Morgan fingerprint density at radius 2 is 2.24 bits per heavy atom. The summed E-state index contributed by atoms with van der Waals surface area (Å²) in [4.78, 5) is 4.77. The summed E-state index contributed by atoms with van der Waals surface area (Å²) in [6.45, 7) is 4.24. The standard InChI is InChI=1S/C17H21N3O/c1-17(9-4-10-18-11-17)16-19-15(20-21-16)14-8-7-12-5-2-3-6-13(12)14/h2-3,5-6,14,18H,4,7-11H2,1H3. The van der Waals surface area contributed by atoms with Crippen molar-refractivity contribution in [3.8, 4) is 0 Å². The molecular weight excluding hydrogens is 262 g/mol. The van der Waals surface area contributed by atoms with E-state index in [9.17, 15) is 0 Å². The number of hydrogen-bond donors (Lipinski definition) is 1.